The van der Waals surface area contributed by atoms with E-state index < -0.39 is 12.1 Å². The molecule has 1 rings (SSSR count). The molecule has 0 saturated carbocycles. The number of nitrogens with one attached hydrogen (secondary N) is 1. The number of hydrogen-bond acceptors (Lipinski definition) is 3. The smallest absolute Gasteiger partial charge is 0.408 e. The Morgan fingerprint density at radius 2 is 2.15 bits per heavy atom. The lowest BCUT2D eigenvalue weighted by atomic mass is 10.2. The molecule has 1 aliphatic carbocycles. The second kappa shape index (κ2) is 3.93. The number of amides is 1. The Hall–Kier alpha value is -1.52. The fourth-order valence-electron chi connectivity index (χ4n) is 1.36. The van der Waals surface area contributed by atoms with Crippen LogP contribution in [0.2, 0.25) is 0 Å². The molecule has 0 saturated heterocycles. The largest absolute Gasteiger partial charge is 0.466 e. The van der Waals surface area contributed by atoms with Gasteiger partial charge in [0.15, 0.2) is 0 Å². The quantitative estimate of drug-likeness (QED) is 0.626. The van der Waals surface area contributed by atoms with Crippen molar-refractivity contribution in [1.82, 2.24) is 5.32 Å². The Labute approximate surface area is 75.4 Å². The number of allylic oxidation sites excluding steroid dienone is 1. The summed E-state index contributed by atoms with van der Waals surface area (Å²) in [5, 5.41) is 10.7. The van der Waals surface area contributed by atoms with Gasteiger partial charge in [-0.1, -0.05) is 0 Å². The highest BCUT2D eigenvalue weighted by Crippen LogP contribution is 2.24. The molecule has 0 radical (unpaired) electrons. The Morgan fingerprint density at radius 3 is 2.69 bits per heavy atom. The molecule has 0 spiro atoms. The standard InChI is InChI=1S/C8H11NO4/c1-13-7(10)5-3-2-4-6(5)9-8(11)12/h9H,2-4H2,1H3,(H,11,12). The molecule has 13 heavy (non-hydrogen) atoms. The van der Waals surface area contributed by atoms with E-state index in [1.807, 2.05) is 0 Å². The Kier molecular flexibility index (Phi) is 2.89. The first-order valence-corrected chi connectivity index (χ1v) is 3.95. The summed E-state index contributed by atoms with van der Waals surface area (Å²) in [6.45, 7) is 0. The highest BCUT2D eigenvalue weighted by molar-refractivity contribution is 5.90. The summed E-state index contributed by atoms with van der Waals surface area (Å²) in [7, 11) is 1.28. The molecule has 0 heterocycles. The zero-order valence-electron chi connectivity index (χ0n) is 7.29. The average Bonchev–Trinajstić information content (AvgIpc) is 2.50. The van der Waals surface area contributed by atoms with Gasteiger partial charge in [-0.25, -0.2) is 9.59 Å². The number of rotatable bonds is 2. The van der Waals surface area contributed by atoms with Crippen LogP contribution >= 0.6 is 0 Å². The molecule has 0 aromatic rings. The van der Waals surface area contributed by atoms with Crippen LogP contribution in [0, 0.1) is 0 Å². The summed E-state index contributed by atoms with van der Waals surface area (Å²) >= 11 is 0. The zero-order chi connectivity index (χ0) is 9.84. The predicted molar refractivity (Wildman–Crippen MR) is 44.1 cm³/mol. The number of hydrogen-bond donors (Lipinski definition) is 2. The fraction of sp³-hybridized carbons (Fsp3) is 0.500. The third-order valence-electron chi connectivity index (χ3n) is 1.91. The Morgan fingerprint density at radius 1 is 1.46 bits per heavy atom. The summed E-state index contributed by atoms with van der Waals surface area (Å²) in [5.74, 6) is -0.443. The SMILES string of the molecule is COC(=O)C1=C(NC(=O)O)CCC1. The van der Waals surface area contributed by atoms with Crippen LogP contribution in [0.25, 0.3) is 0 Å². The van der Waals surface area contributed by atoms with E-state index in [9.17, 15) is 9.59 Å². The molecule has 0 aliphatic heterocycles. The summed E-state index contributed by atoms with van der Waals surface area (Å²) in [4.78, 5) is 21.4. The monoisotopic (exact) mass is 185 g/mol. The number of carbonyl (C=O) groups is 2. The summed E-state index contributed by atoms with van der Waals surface area (Å²) in [6, 6.07) is 0. The molecule has 5 nitrogen and oxygen atoms in total. The fourth-order valence-corrected chi connectivity index (χ4v) is 1.36. The van der Waals surface area contributed by atoms with Crippen LogP contribution in [0.3, 0.4) is 0 Å². The highest BCUT2D eigenvalue weighted by atomic mass is 16.5. The van der Waals surface area contributed by atoms with Crippen molar-refractivity contribution >= 4 is 12.1 Å². The summed E-state index contributed by atoms with van der Waals surface area (Å²) < 4.78 is 4.52. The van der Waals surface area contributed by atoms with Crippen molar-refractivity contribution in [1.29, 1.82) is 0 Å². The van der Waals surface area contributed by atoms with Crippen molar-refractivity contribution < 1.29 is 19.4 Å². The second-order valence-electron chi connectivity index (χ2n) is 2.73. The van der Waals surface area contributed by atoms with Crippen molar-refractivity contribution in [3.63, 3.8) is 0 Å². The number of carboxylic acid groups (broad SMARTS) is 1. The number of esters is 1. The van der Waals surface area contributed by atoms with Crippen molar-refractivity contribution in [3.05, 3.63) is 11.3 Å². The number of ether oxygens (including phenoxy) is 1. The normalized spacial score (nSPS) is 15.8. The molecule has 0 unspecified atom stereocenters. The van der Waals surface area contributed by atoms with Crippen LogP contribution in [-0.4, -0.2) is 24.3 Å². The molecule has 0 bridgehead atoms. The maximum Gasteiger partial charge on any atom is 0.408 e. The third kappa shape index (κ3) is 2.21. The van der Waals surface area contributed by atoms with Gasteiger partial charge >= 0.3 is 12.1 Å². The lowest BCUT2D eigenvalue weighted by Crippen LogP contribution is -2.21. The summed E-state index contributed by atoms with van der Waals surface area (Å²) in [5.41, 5.74) is 0.921. The third-order valence-corrected chi connectivity index (χ3v) is 1.91. The van der Waals surface area contributed by atoms with Gasteiger partial charge in [0.25, 0.3) is 0 Å². The van der Waals surface area contributed by atoms with Gasteiger partial charge in [0.05, 0.1) is 12.7 Å². The van der Waals surface area contributed by atoms with Gasteiger partial charge in [-0.15, -0.1) is 0 Å². The van der Waals surface area contributed by atoms with Gasteiger partial charge in [0.2, 0.25) is 0 Å². The zero-order valence-corrected chi connectivity index (χ0v) is 7.29. The van der Waals surface area contributed by atoms with Gasteiger partial charge < -0.3 is 9.84 Å². The first-order chi connectivity index (χ1) is 6.15. The predicted octanol–water partition coefficient (Wildman–Crippen LogP) is 0.865. The first kappa shape index (κ1) is 9.57. The average molecular weight is 185 g/mol. The maximum atomic E-state index is 11.1. The lowest BCUT2D eigenvalue weighted by Gasteiger charge is -2.04. The first-order valence-electron chi connectivity index (χ1n) is 3.95. The molecular weight excluding hydrogens is 174 g/mol. The minimum absolute atomic E-state index is 0.443. The van der Waals surface area contributed by atoms with Crippen LogP contribution in [0.15, 0.2) is 11.3 Å². The van der Waals surface area contributed by atoms with E-state index in [0.29, 0.717) is 24.1 Å². The second-order valence-corrected chi connectivity index (χ2v) is 2.73. The molecule has 2 N–H and O–H groups in total. The van der Waals surface area contributed by atoms with Crippen LogP contribution in [-0.2, 0) is 9.53 Å². The van der Waals surface area contributed by atoms with Gasteiger partial charge in [-0.2, -0.15) is 0 Å². The Bertz CT molecular complexity index is 269. The van der Waals surface area contributed by atoms with E-state index >= 15 is 0 Å². The highest BCUT2D eigenvalue weighted by Gasteiger charge is 2.22. The number of carbonyl (C=O) groups excluding carboxylic acids is 1. The summed E-state index contributed by atoms with van der Waals surface area (Å²) in [6.07, 6.45) is 0.831. The van der Waals surface area contributed by atoms with Crippen LogP contribution < -0.4 is 5.32 Å². The maximum absolute atomic E-state index is 11.1. The van der Waals surface area contributed by atoms with Gasteiger partial charge in [0.1, 0.15) is 0 Å². The van der Waals surface area contributed by atoms with Gasteiger partial charge in [0, 0.05) is 5.70 Å². The van der Waals surface area contributed by atoms with Gasteiger partial charge in [-0.05, 0) is 19.3 Å². The van der Waals surface area contributed by atoms with Crippen molar-refractivity contribution in [3.8, 4) is 0 Å². The van der Waals surface area contributed by atoms with Crippen LogP contribution in [0.1, 0.15) is 19.3 Å². The van der Waals surface area contributed by atoms with E-state index in [-0.39, 0.29) is 0 Å². The van der Waals surface area contributed by atoms with Crippen molar-refractivity contribution in [2.24, 2.45) is 0 Å². The van der Waals surface area contributed by atoms with Crippen molar-refractivity contribution in [2.45, 2.75) is 19.3 Å². The number of methoxy groups -OCH3 is 1. The molecule has 1 amide bonds. The minimum atomic E-state index is -1.14. The molecule has 72 valence electrons. The molecule has 0 aromatic carbocycles. The molecule has 0 aromatic heterocycles. The topological polar surface area (TPSA) is 75.6 Å². The molecule has 1 aliphatic rings. The molecule has 5 heteroatoms. The van der Waals surface area contributed by atoms with Gasteiger partial charge in [-0.3, -0.25) is 5.32 Å². The van der Waals surface area contributed by atoms with E-state index in [1.165, 1.54) is 7.11 Å². The molecular formula is C8H11NO4. The van der Waals surface area contributed by atoms with E-state index in [4.69, 9.17) is 5.11 Å². The minimum Gasteiger partial charge on any atom is -0.466 e. The Balaban J connectivity index is 2.76. The van der Waals surface area contributed by atoms with Crippen LogP contribution in [0.4, 0.5) is 4.79 Å². The molecule has 0 fully saturated rings. The lowest BCUT2D eigenvalue weighted by molar-refractivity contribution is -0.136. The van der Waals surface area contributed by atoms with Crippen LogP contribution in [0.5, 0.6) is 0 Å². The van der Waals surface area contributed by atoms with E-state index in [2.05, 4.69) is 10.1 Å². The van der Waals surface area contributed by atoms with Crippen molar-refractivity contribution in [2.75, 3.05) is 7.11 Å². The van der Waals surface area contributed by atoms with E-state index in [1.54, 1.807) is 0 Å². The van der Waals surface area contributed by atoms with E-state index in [0.717, 1.165) is 6.42 Å². The molecule has 0 atom stereocenters.